The molecule has 2 heterocycles. The van der Waals surface area contributed by atoms with Gasteiger partial charge in [-0.25, -0.2) is 0 Å². The predicted octanol–water partition coefficient (Wildman–Crippen LogP) is -1.64. The SMILES string of the molecule is CC(C)C[C@H](N)C(=O)OC[C@@H]1NC(=O)[C@@H]2C[C@@H](O)CN2C1=O. The van der Waals surface area contributed by atoms with Crippen molar-refractivity contribution in [2.75, 3.05) is 13.2 Å². The lowest BCUT2D eigenvalue weighted by Crippen LogP contribution is -2.62. The predicted molar refractivity (Wildman–Crippen MR) is 76.4 cm³/mol. The molecule has 2 amide bonds. The Kier molecular flexibility index (Phi) is 5.02. The number of hydrogen-bond acceptors (Lipinski definition) is 6. The van der Waals surface area contributed by atoms with Crippen LogP contribution in [-0.4, -0.2) is 65.2 Å². The van der Waals surface area contributed by atoms with Crippen molar-refractivity contribution in [1.82, 2.24) is 10.2 Å². The number of hydrogen-bond donors (Lipinski definition) is 3. The maximum absolute atomic E-state index is 12.2. The molecule has 2 aliphatic heterocycles. The van der Waals surface area contributed by atoms with E-state index in [1.165, 1.54) is 4.90 Å². The zero-order valence-electron chi connectivity index (χ0n) is 12.8. The fraction of sp³-hybridized carbons (Fsp3) is 0.786. The van der Waals surface area contributed by atoms with E-state index < -0.39 is 30.2 Å². The molecule has 8 heteroatoms. The van der Waals surface area contributed by atoms with Crippen LogP contribution in [0.3, 0.4) is 0 Å². The molecular weight excluding hydrogens is 290 g/mol. The van der Waals surface area contributed by atoms with Gasteiger partial charge in [-0.2, -0.15) is 0 Å². The van der Waals surface area contributed by atoms with Crippen LogP contribution in [-0.2, 0) is 19.1 Å². The molecule has 4 N–H and O–H groups in total. The third-order valence-corrected chi connectivity index (χ3v) is 3.90. The molecule has 2 saturated heterocycles. The number of nitrogens with zero attached hydrogens (tertiary/aromatic N) is 1. The minimum atomic E-state index is -0.913. The van der Waals surface area contributed by atoms with Gasteiger partial charge in [-0.05, 0) is 12.3 Å². The first-order chi connectivity index (χ1) is 10.3. The first kappa shape index (κ1) is 16.7. The van der Waals surface area contributed by atoms with E-state index in [-0.39, 0.29) is 37.3 Å². The lowest BCUT2D eigenvalue weighted by molar-refractivity contribution is -0.154. The van der Waals surface area contributed by atoms with Crippen LogP contribution in [0.1, 0.15) is 26.7 Å². The summed E-state index contributed by atoms with van der Waals surface area (Å²) in [6.45, 7) is 3.77. The van der Waals surface area contributed by atoms with Crippen LogP contribution in [0.2, 0.25) is 0 Å². The second-order valence-corrected chi connectivity index (χ2v) is 6.32. The fourth-order valence-electron chi connectivity index (χ4n) is 2.83. The van der Waals surface area contributed by atoms with E-state index in [4.69, 9.17) is 10.5 Å². The fourth-order valence-corrected chi connectivity index (χ4v) is 2.83. The van der Waals surface area contributed by atoms with Crippen molar-refractivity contribution in [2.45, 2.75) is 50.9 Å². The van der Waals surface area contributed by atoms with Crippen LogP contribution in [0.5, 0.6) is 0 Å². The molecule has 0 aromatic rings. The second-order valence-electron chi connectivity index (χ2n) is 6.32. The molecule has 0 aromatic heterocycles. The molecule has 4 atom stereocenters. The van der Waals surface area contributed by atoms with Crippen molar-refractivity contribution < 1.29 is 24.2 Å². The van der Waals surface area contributed by atoms with Gasteiger partial charge in [-0.15, -0.1) is 0 Å². The van der Waals surface area contributed by atoms with Crippen LogP contribution >= 0.6 is 0 Å². The summed E-state index contributed by atoms with van der Waals surface area (Å²) in [7, 11) is 0. The Hall–Kier alpha value is -1.67. The molecule has 0 aromatic carbocycles. The van der Waals surface area contributed by atoms with Crippen LogP contribution < -0.4 is 11.1 Å². The van der Waals surface area contributed by atoms with Crippen molar-refractivity contribution in [2.24, 2.45) is 11.7 Å². The molecule has 0 aliphatic carbocycles. The summed E-state index contributed by atoms with van der Waals surface area (Å²) in [5.74, 6) is -1.00. The van der Waals surface area contributed by atoms with Gasteiger partial charge in [0.1, 0.15) is 24.7 Å². The zero-order chi connectivity index (χ0) is 16.4. The first-order valence-electron chi connectivity index (χ1n) is 7.50. The molecule has 0 radical (unpaired) electrons. The molecule has 2 aliphatic rings. The van der Waals surface area contributed by atoms with E-state index in [1.807, 2.05) is 13.8 Å². The number of nitrogens with one attached hydrogen (secondary N) is 1. The van der Waals surface area contributed by atoms with E-state index in [2.05, 4.69) is 5.32 Å². The number of nitrogens with two attached hydrogens (primary N) is 1. The average molecular weight is 313 g/mol. The second kappa shape index (κ2) is 6.62. The lowest BCUT2D eigenvalue weighted by atomic mass is 10.0. The molecule has 22 heavy (non-hydrogen) atoms. The molecule has 2 fully saturated rings. The maximum atomic E-state index is 12.2. The summed E-state index contributed by atoms with van der Waals surface area (Å²) >= 11 is 0. The number of carbonyl (C=O) groups is 3. The van der Waals surface area contributed by atoms with Gasteiger partial charge in [0, 0.05) is 13.0 Å². The van der Waals surface area contributed by atoms with Crippen LogP contribution in [0.25, 0.3) is 0 Å². The maximum Gasteiger partial charge on any atom is 0.323 e. The molecule has 0 spiro atoms. The van der Waals surface area contributed by atoms with E-state index in [9.17, 15) is 19.5 Å². The zero-order valence-corrected chi connectivity index (χ0v) is 12.8. The number of ether oxygens (including phenoxy) is 1. The molecule has 0 unspecified atom stereocenters. The largest absolute Gasteiger partial charge is 0.462 e. The number of esters is 1. The molecular formula is C14H23N3O5. The lowest BCUT2D eigenvalue weighted by Gasteiger charge is -2.34. The Morgan fingerprint density at radius 3 is 2.82 bits per heavy atom. The van der Waals surface area contributed by atoms with E-state index in [0.717, 1.165) is 0 Å². The van der Waals surface area contributed by atoms with Gasteiger partial charge in [-0.1, -0.05) is 13.8 Å². The molecule has 8 nitrogen and oxygen atoms in total. The number of amides is 2. The van der Waals surface area contributed by atoms with Crippen LogP contribution in [0, 0.1) is 5.92 Å². The summed E-state index contributed by atoms with van der Waals surface area (Å²) in [5.41, 5.74) is 5.71. The summed E-state index contributed by atoms with van der Waals surface area (Å²) in [6.07, 6.45) is 0.0357. The summed E-state index contributed by atoms with van der Waals surface area (Å²) in [4.78, 5) is 37.3. The number of aliphatic hydroxyl groups is 1. The highest BCUT2D eigenvalue weighted by atomic mass is 16.5. The Morgan fingerprint density at radius 1 is 1.50 bits per heavy atom. The van der Waals surface area contributed by atoms with Gasteiger partial charge in [0.25, 0.3) is 0 Å². The summed E-state index contributed by atoms with van der Waals surface area (Å²) < 4.78 is 5.05. The Bertz CT molecular complexity index is 467. The molecule has 2 rings (SSSR count). The number of aliphatic hydroxyl groups excluding tert-OH is 1. The first-order valence-corrected chi connectivity index (χ1v) is 7.50. The number of rotatable bonds is 5. The van der Waals surface area contributed by atoms with Crippen molar-refractivity contribution in [3.63, 3.8) is 0 Å². The van der Waals surface area contributed by atoms with E-state index >= 15 is 0 Å². The Balaban J connectivity index is 1.89. The van der Waals surface area contributed by atoms with Gasteiger partial charge < -0.3 is 25.8 Å². The minimum Gasteiger partial charge on any atom is -0.462 e. The number of fused-ring (bicyclic) bond motifs is 1. The Labute approximate surface area is 129 Å². The highest BCUT2D eigenvalue weighted by Gasteiger charge is 2.46. The van der Waals surface area contributed by atoms with Gasteiger partial charge in [0.2, 0.25) is 11.8 Å². The quantitative estimate of drug-likeness (QED) is 0.524. The minimum absolute atomic E-state index is 0.133. The number of carbonyl (C=O) groups excluding carboxylic acids is 3. The third kappa shape index (κ3) is 3.56. The van der Waals surface area contributed by atoms with Crippen molar-refractivity contribution >= 4 is 17.8 Å². The summed E-state index contributed by atoms with van der Waals surface area (Å²) in [6, 6.07) is -2.28. The van der Waals surface area contributed by atoms with Crippen molar-refractivity contribution in [1.29, 1.82) is 0 Å². The van der Waals surface area contributed by atoms with Gasteiger partial charge in [0.15, 0.2) is 0 Å². The standard InChI is InChI=1S/C14H23N3O5/c1-7(2)3-9(15)14(21)22-6-10-13(20)17-5-8(18)4-11(17)12(19)16-10/h7-11,18H,3-6,15H2,1-2H3,(H,16,19)/t8-,9+,10+,11+/m1/s1. The number of piperazine rings is 1. The molecule has 0 bridgehead atoms. The van der Waals surface area contributed by atoms with Crippen molar-refractivity contribution in [3.8, 4) is 0 Å². The van der Waals surface area contributed by atoms with Crippen LogP contribution in [0.4, 0.5) is 0 Å². The van der Waals surface area contributed by atoms with Gasteiger partial charge in [-0.3, -0.25) is 14.4 Å². The topological polar surface area (TPSA) is 122 Å². The van der Waals surface area contributed by atoms with Crippen molar-refractivity contribution in [3.05, 3.63) is 0 Å². The Morgan fingerprint density at radius 2 is 2.18 bits per heavy atom. The molecule has 0 saturated carbocycles. The monoisotopic (exact) mass is 313 g/mol. The molecule has 124 valence electrons. The highest BCUT2D eigenvalue weighted by Crippen LogP contribution is 2.22. The summed E-state index contributed by atoms with van der Waals surface area (Å²) in [5, 5.41) is 12.1. The smallest absolute Gasteiger partial charge is 0.323 e. The normalized spacial score (nSPS) is 29.3. The van der Waals surface area contributed by atoms with E-state index in [0.29, 0.717) is 6.42 Å². The van der Waals surface area contributed by atoms with Crippen LogP contribution in [0.15, 0.2) is 0 Å². The highest BCUT2D eigenvalue weighted by molar-refractivity contribution is 5.97. The van der Waals surface area contributed by atoms with Gasteiger partial charge in [0.05, 0.1) is 6.10 Å². The van der Waals surface area contributed by atoms with Gasteiger partial charge >= 0.3 is 5.97 Å². The average Bonchev–Trinajstić information content (AvgIpc) is 2.82. The van der Waals surface area contributed by atoms with E-state index in [1.54, 1.807) is 0 Å². The third-order valence-electron chi connectivity index (χ3n) is 3.90.